The van der Waals surface area contributed by atoms with E-state index in [2.05, 4.69) is 11.7 Å². The lowest BCUT2D eigenvalue weighted by atomic mass is 9.72. The van der Waals surface area contributed by atoms with E-state index in [-0.39, 0.29) is 10.8 Å². The lowest BCUT2D eigenvalue weighted by molar-refractivity contribution is -0.160. The van der Waals surface area contributed by atoms with E-state index in [1.807, 2.05) is 13.8 Å². The predicted molar refractivity (Wildman–Crippen MR) is 49.1 cm³/mol. The number of aliphatic hydroxyl groups excluding tert-OH is 1. The van der Waals surface area contributed by atoms with Crippen molar-refractivity contribution in [2.24, 2.45) is 10.8 Å². The SMILES string of the molecule is COC(=O)C(O)C(C)(C)C1(C)CC1. The van der Waals surface area contributed by atoms with E-state index in [1.165, 1.54) is 7.11 Å². The number of hydrogen-bond donors (Lipinski definition) is 1. The molecule has 1 atom stereocenters. The normalized spacial score (nSPS) is 22.2. The zero-order chi connectivity index (χ0) is 10.3. The first-order valence-corrected chi connectivity index (χ1v) is 4.61. The Morgan fingerprint density at radius 3 is 2.31 bits per heavy atom. The zero-order valence-electron chi connectivity index (χ0n) is 8.76. The Bertz CT molecular complexity index is 216. The molecule has 13 heavy (non-hydrogen) atoms. The van der Waals surface area contributed by atoms with Crippen LogP contribution < -0.4 is 0 Å². The lowest BCUT2D eigenvalue weighted by Gasteiger charge is -2.35. The van der Waals surface area contributed by atoms with Gasteiger partial charge in [0.2, 0.25) is 0 Å². The van der Waals surface area contributed by atoms with Crippen LogP contribution in [0, 0.1) is 10.8 Å². The summed E-state index contributed by atoms with van der Waals surface area (Å²) in [6.07, 6.45) is 1.15. The van der Waals surface area contributed by atoms with E-state index in [9.17, 15) is 9.90 Å². The molecule has 0 aromatic carbocycles. The van der Waals surface area contributed by atoms with Crippen molar-refractivity contribution in [2.45, 2.75) is 39.7 Å². The first kappa shape index (κ1) is 10.5. The molecule has 1 N–H and O–H groups in total. The molecule has 0 heterocycles. The van der Waals surface area contributed by atoms with Crippen LogP contribution in [0.5, 0.6) is 0 Å². The van der Waals surface area contributed by atoms with E-state index in [0.29, 0.717) is 0 Å². The third-order valence-corrected chi connectivity index (χ3v) is 3.66. The van der Waals surface area contributed by atoms with Crippen molar-refractivity contribution >= 4 is 5.97 Å². The van der Waals surface area contributed by atoms with E-state index < -0.39 is 12.1 Å². The first-order valence-electron chi connectivity index (χ1n) is 4.61. The summed E-state index contributed by atoms with van der Waals surface area (Å²) in [5.41, 5.74) is -0.291. The van der Waals surface area contributed by atoms with E-state index in [1.54, 1.807) is 0 Å². The second-order valence-corrected chi connectivity index (χ2v) is 4.71. The van der Waals surface area contributed by atoms with Gasteiger partial charge in [-0.3, -0.25) is 0 Å². The van der Waals surface area contributed by atoms with Gasteiger partial charge in [0.15, 0.2) is 6.10 Å². The molecule has 76 valence electrons. The van der Waals surface area contributed by atoms with Gasteiger partial charge in [0, 0.05) is 5.41 Å². The van der Waals surface area contributed by atoms with Crippen LogP contribution in [0.3, 0.4) is 0 Å². The molecule has 1 aliphatic carbocycles. The Kier molecular flexibility index (Phi) is 2.41. The van der Waals surface area contributed by atoms with Crippen LogP contribution in [0.15, 0.2) is 0 Å². The fourth-order valence-electron chi connectivity index (χ4n) is 1.57. The van der Waals surface area contributed by atoms with Crippen molar-refractivity contribution in [3.63, 3.8) is 0 Å². The molecule has 0 saturated heterocycles. The van der Waals surface area contributed by atoms with Crippen molar-refractivity contribution in [1.29, 1.82) is 0 Å². The molecule has 0 radical (unpaired) electrons. The van der Waals surface area contributed by atoms with Crippen molar-refractivity contribution < 1.29 is 14.6 Å². The molecule has 0 aromatic heterocycles. The third-order valence-electron chi connectivity index (χ3n) is 3.66. The highest BCUT2D eigenvalue weighted by molar-refractivity contribution is 5.75. The second-order valence-electron chi connectivity index (χ2n) is 4.71. The molecule has 1 saturated carbocycles. The summed E-state index contributed by atoms with van der Waals surface area (Å²) in [5, 5.41) is 9.75. The molecule has 1 fully saturated rings. The minimum Gasteiger partial charge on any atom is -0.467 e. The molecule has 1 aliphatic rings. The summed E-state index contributed by atoms with van der Waals surface area (Å²) < 4.78 is 4.53. The van der Waals surface area contributed by atoms with Gasteiger partial charge in [-0.2, -0.15) is 0 Å². The third kappa shape index (κ3) is 1.57. The maximum absolute atomic E-state index is 11.2. The predicted octanol–water partition coefficient (Wildman–Crippen LogP) is 1.35. The monoisotopic (exact) mass is 186 g/mol. The molecule has 0 amide bonds. The largest absolute Gasteiger partial charge is 0.467 e. The topological polar surface area (TPSA) is 46.5 Å². The van der Waals surface area contributed by atoms with Crippen LogP contribution in [0.2, 0.25) is 0 Å². The Morgan fingerprint density at radius 1 is 1.54 bits per heavy atom. The van der Waals surface area contributed by atoms with Crippen LogP contribution in [0.25, 0.3) is 0 Å². The molecule has 0 spiro atoms. The number of ether oxygens (including phenoxy) is 1. The number of hydrogen-bond acceptors (Lipinski definition) is 3. The average Bonchev–Trinajstić information content (AvgIpc) is 2.82. The Morgan fingerprint density at radius 2 is 2.00 bits per heavy atom. The number of carbonyl (C=O) groups excluding carboxylic acids is 1. The van der Waals surface area contributed by atoms with Crippen LogP contribution in [0.1, 0.15) is 33.6 Å². The summed E-state index contributed by atoms with van der Waals surface area (Å²) in [5.74, 6) is -0.530. The maximum Gasteiger partial charge on any atom is 0.335 e. The number of aliphatic hydroxyl groups is 1. The van der Waals surface area contributed by atoms with Crippen molar-refractivity contribution in [3.05, 3.63) is 0 Å². The summed E-state index contributed by atoms with van der Waals surface area (Å²) in [7, 11) is 1.30. The summed E-state index contributed by atoms with van der Waals surface area (Å²) in [6.45, 7) is 5.93. The molecule has 3 heteroatoms. The minimum atomic E-state index is -1.01. The van der Waals surface area contributed by atoms with Crippen LogP contribution in [-0.4, -0.2) is 24.3 Å². The van der Waals surface area contributed by atoms with E-state index in [4.69, 9.17) is 0 Å². The summed E-state index contributed by atoms with van der Waals surface area (Å²) in [4.78, 5) is 11.2. The van der Waals surface area contributed by atoms with Gasteiger partial charge in [0.05, 0.1) is 7.11 Å². The quantitative estimate of drug-likeness (QED) is 0.677. The molecule has 0 bridgehead atoms. The number of rotatable bonds is 3. The highest BCUT2D eigenvalue weighted by Gasteiger charge is 2.55. The first-order chi connectivity index (χ1) is 5.85. The van der Waals surface area contributed by atoms with Crippen molar-refractivity contribution in [2.75, 3.05) is 7.11 Å². The van der Waals surface area contributed by atoms with Gasteiger partial charge < -0.3 is 9.84 Å². The van der Waals surface area contributed by atoms with Crippen molar-refractivity contribution in [1.82, 2.24) is 0 Å². The number of esters is 1. The number of methoxy groups -OCH3 is 1. The Labute approximate surface area is 79.1 Å². The van der Waals surface area contributed by atoms with Gasteiger partial charge in [-0.25, -0.2) is 4.79 Å². The second kappa shape index (κ2) is 2.98. The van der Waals surface area contributed by atoms with Gasteiger partial charge >= 0.3 is 5.97 Å². The maximum atomic E-state index is 11.2. The van der Waals surface area contributed by atoms with E-state index >= 15 is 0 Å². The zero-order valence-corrected chi connectivity index (χ0v) is 8.76. The van der Waals surface area contributed by atoms with Gasteiger partial charge in [-0.15, -0.1) is 0 Å². The van der Waals surface area contributed by atoms with Gasteiger partial charge in [-0.1, -0.05) is 20.8 Å². The highest BCUT2D eigenvalue weighted by Crippen LogP contribution is 2.59. The highest BCUT2D eigenvalue weighted by atomic mass is 16.5. The molecule has 0 aromatic rings. The van der Waals surface area contributed by atoms with Crippen LogP contribution in [-0.2, 0) is 9.53 Å². The van der Waals surface area contributed by atoms with Gasteiger partial charge in [0.25, 0.3) is 0 Å². The fourth-order valence-corrected chi connectivity index (χ4v) is 1.57. The van der Waals surface area contributed by atoms with E-state index in [0.717, 1.165) is 12.8 Å². The molecule has 1 rings (SSSR count). The lowest BCUT2D eigenvalue weighted by Crippen LogP contribution is -2.42. The Hall–Kier alpha value is -0.570. The number of carbonyl (C=O) groups is 1. The average molecular weight is 186 g/mol. The van der Waals surface area contributed by atoms with Gasteiger partial charge in [0.1, 0.15) is 0 Å². The summed E-state index contributed by atoms with van der Waals surface area (Å²) >= 11 is 0. The fraction of sp³-hybridized carbons (Fsp3) is 0.900. The Balaban J connectivity index is 2.74. The van der Waals surface area contributed by atoms with Gasteiger partial charge in [-0.05, 0) is 18.3 Å². The standard InChI is InChI=1S/C10H18O3/c1-9(2,10(3)5-6-10)7(11)8(12)13-4/h7,11H,5-6H2,1-4H3. The molecule has 3 nitrogen and oxygen atoms in total. The minimum absolute atomic E-state index is 0.0978. The molecular formula is C10H18O3. The van der Waals surface area contributed by atoms with Crippen LogP contribution >= 0.6 is 0 Å². The van der Waals surface area contributed by atoms with Crippen LogP contribution in [0.4, 0.5) is 0 Å². The molecule has 1 unspecified atom stereocenters. The smallest absolute Gasteiger partial charge is 0.335 e. The molecule has 0 aliphatic heterocycles. The summed E-state index contributed by atoms with van der Waals surface area (Å²) in [6, 6.07) is 0. The molecular weight excluding hydrogens is 168 g/mol. The van der Waals surface area contributed by atoms with Crippen molar-refractivity contribution in [3.8, 4) is 0 Å².